The van der Waals surface area contributed by atoms with E-state index in [1.807, 2.05) is 66.7 Å². The number of carbonyl (C=O) groups excluding carboxylic acids is 2. The third kappa shape index (κ3) is 6.08. The van der Waals surface area contributed by atoms with Crippen LogP contribution in [-0.2, 0) is 11.3 Å². The first-order valence-corrected chi connectivity index (χ1v) is 11.3. The smallest absolute Gasteiger partial charge is 0.274 e. The van der Waals surface area contributed by atoms with Crippen LogP contribution in [0, 0.1) is 0 Å². The van der Waals surface area contributed by atoms with Crippen molar-refractivity contribution in [2.75, 3.05) is 13.7 Å². The third-order valence-corrected chi connectivity index (χ3v) is 5.65. The van der Waals surface area contributed by atoms with Crippen LogP contribution >= 0.6 is 0 Å². The highest BCUT2D eigenvalue weighted by Gasteiger charge is 2.13. The molecule has 2 amide bonds. The van der Waals surface area contributed by atoms with Crippen LogP contribution in [0.1, 0.15) is 21.5 Å². The summed E-state index contributed by atoms with van der Waals surface area (Å²) in [4.78, 5) is 24.8. The molecule has 0 radical (unpaired) electrons. The van der Waals surface area contributed by atoms with Gasteiger partial charge in [-0.1, -0.05) is 60.7 Å². The summed E-state index contributed by atoms with van der Waals surface area (Å²) in [6.45, 7) is 0.380. The molecule has 0 saturated heterocycles. The van der Waals surface area contributed by atoms with E-state index in [0.29, 0.717) is 29.0 Å². The van der Waals surface area contributed by atoms with E-state index in [2.05, 4.69) is 5.32 Å². The van der Waals surface area contributed by atoms with Crippen molar-refractivity contribution in [2.45, 2.75) is 6.54 Å². The molecule has 36 heavy (non-hydrogen) atoms. The second-order valence-corrected chi connectivity index (χ2v) is 8.03. The normalized spacial score (nSPS) is 11.1. The SMILES string of the molecule is COc1ccc(CNC(=O)/C(=C/c2ccc(C(=O)NO)cc2)COc2cccc3ccccc23)cc1. The number of amides is 2. The van der Waals surface area contributed by atoms with Crippen molar-refractivity contribution >= 4 is 28.7 Å². The predicted octanol–water partition coefficient (Wildman–Crippen LogP) is 4.75. The van der Waals surface area contributed by atoms with E-state index < -0.39 is 5.91 Å². The lowest BCUT2D eigenvalue weighted by Gasteiger charge is -2.13. The molecule has 0 fully saturated rings. The minimum atomic E-state index is -0.609. The number of rotatable bonds is 9. The number of carbonyl (C=O) groups is 2. The fourth-order valence-electron chi connectivity index (χ4n) is 3.69. The Morgan fingerprint density at radius 3 is 2.33 bits per heavy atom. The van der Waals surface area contributed by atoms with Crippen LogP contribution < -0.4 is 20.3 Å². The summed E-state index contributed by atoms with van der Waals surface area (Å²) < 4.78 is 11.3. The van der Waals surface area contributed by atoms with E-state index in [0.717, 1.165) is 22.1 Å². The molecule has 4 aromatic rings. The summed E-state index contributed by atoms with van der Waals surface area (Å²) in [5.41, 5.74) is 3.95. The first-order valence-electron chi connectivity index (χ1n) is 11.3. The van der Waals surface area contributed by atoms with E-state index >= 15 is 0 Å². The average molecular weight is 483 g/mol. The molecule has 0 heterocycles. The van der Waals surface area contributed by atoms with Crippen LogP contribution in [0.15, 0.2) is 96.6 Å². The quantitative estimate of drug-likeness (QED) is 0.182. The number of methoxy groups -OCH3 is 1. The van der Waals surface area contributed by atoms with Gasteiger partial charge in [0, 0.05) is 17.5 Å². The molecule has 0 aromatic heterocycles. The highest BCUT2D eigenvalue weighted by atomic mass is 16.5. The summed E-state index contributed by atoms with van der Waals surface area (Å²) in [5, 5.41) is 13.8. The van der Waals surface area contributed by atoms with Crippen molar-refractivity contribution in [3.8, 4) is 11.5 Å². The minimum absolute atomic E-state index is 0.0430. The van der Waals surface area contributed by atoms with Crippen molar-refractivity contribution in [2.24, 2.45) is 0 Å². The van der Waals surface area contributed by atoms with Gasteiger partial charge in [-0.3, -0.25) is 14.8 Å². The van der Waals surface area contributed by atoms with Gasteiger partial charge < -0.3 is 14.8 Å². The largest absolute Gasteiger partial charge is 0.497 e. The Hall–Kier alpha value is -4.62. The molecule has 0 bridgehead atoms. The molecule has 4 aromatic carbocycles. The summed E-state index contributed by atoms with van der Waals surface area (Å²) >= 11 is 0. The molecule has 7 heteroatoms. The standard InChI is InChI=1S/C29H26N2O5/c1-35-25-15-11-21(12-16-25)18-30-28(32)24(17-20-9-13-23(14-10-20)29(33)31-34)19-36-27-8-4-6-22-5-2-3-7-26(22)27/h2-17,34H,18-19H2,1H3,(H,30,32)(H,31,33)/b24-17+. The van der Waals surface area contributed by atoms with Crippen LogP contribution in [-0.4, -0.2) is 30.7 Å². The zero-order valence-electron chi connectivity index (χ0n) is 19.7. The maximum Gasteiger partial charge on any atom is 0.274 e. The Bertz CT molecular complexity index is 1370. The van der Waals surface area contributed by atoms with Crippen molar-refractivity contribution in [3.63, 3.8) is 0 Å². The van der Waals surface area contributed by atoms with Crippen LogP contribution in [0.25, 0.3) is 16.8 Å². The van der Waals surface area contributed by atoms with Crippen LogP contribution in [0.3, 0.4) is 0 Å². The third-order valence-electron chi connectivity index (χ3n) is 5.65. The Kier molecular flexibility index (Phi) is 7.95. The Morgan fingerprint density at radius 1 is 0.889 bits per heavy atom. The summed E-state index contributed by atoms with van der Waals surface area (Å²) in [7, 11) is 1.60. The maximum absolute atomic E-state index is 13.2. The summed E-state index contributed by atoms with van der Waals surface area (Å²) in [6, 6.07) is 27.6. The van der Waals surface area contributed by atoms with Gasteiger partial charge in [-0.15, -0.1) is 0 Å². The van der Waals surface area contributed by atoms with E-state index in [1.165, 1.54) is 0 Å². The molecule has 4 rings (SSSR count). The van der Waals surface area contributed by atoms with Crippen molar-refractivity contribution < 1.29 is 24.3 Å². The van der Waals surface area contributed by atoms with Crippen LogP contribution in [0.2, 0.25) is 0 Å². The van der Waals surface area contributed by atoms with Gasteiger partial charge in [0.05, 0.1) is 12.7 Å². The van der Waals surface area contributed by atoms with E-state index in [1.54, 1.807) is 42.9 Å². The number of hydrogen-bond acceptors (Lipinski definition) is 5. The lowest BCUT2D eigenvalue weighted by atomic mass is 10.1. The average Bonchev–Trinajstić information content (AvgIpc) is 2.94. The molecule has 0 aliphatic rings. The molecule has 0 saturated carbocycles. The van der Waals surface area contributed by atoms with Crippen molar-refractivity contribution in [3.05, 3.63) is 113 Å². The van der Waals surface area contributed by atoms with Gasteiger partial charge in [0.25, 0.3) is 11.8 Å². The molecule has 0 atom stereocenters. The second-order valence-electron chi connectivity index (χ2n) is 8.03. The number of fused-ring (bicyclic) bond motifs is 1. The second kappa shape index (κ2) is 11.7. The zero-order valence-corrected chi connectivity index (χ0v) is 19.7. The van der Waals surface area contributed by atoms with Gasteiger partial charge in [0.15, 0.2) is 0 Å². The lowest BCUT2D eigenvalue weighted by Crippen LogP contribution is -2.27. The van der Waals surface area contributed by atoms with E-state index in [-0.39, 0.29) is 12.5 Å². The Labute approximate surface area is 208 Å². The fraction of sp³-hybridized carbons (Fsp3) is 0.103. The Morgan fingerprint density at radius 2 is 1.61 bits per heavy atom. The number of ether oxygens (including phenoxy) is 2. The van der Waals surface area contributed by atoms with Gasteiger partial charge in [-0.25, -0.2) is 5.48 Å². The van der Waals surface area contributed by atoms with Crippen LogP contribution in [0.5, 0.6) is 11.5 Å². The Balaban J connectivity index is 1.55. The summed E-state index contributed by atoms with van der Waals surface area (Å²) in [5.74, 6) is 0.537. The van der Waals surface area contributed by atoms with Gasteiger partial charge in [-0.05, 0) is 52.9 Å². The van der Waals surface area contributed by atoms with Gasteiger partial charge >= 0.3 is 0 Å². The zero-order chi connectivity index (χ0) is 25.3. The van der Waals surface area contributed by atoms with Crippen molar-refractivity contribution in [1.82, 2.24) is 10.8 Å². The highest BCUT2D eigenvalue weighted by molar-refractivity contribution is 5.98. The maximum atomic E-state index is 13.2. The molecule has 0 aliphatic carbocycles. The molecular formula is C29H26N2O5. The lowest BCUT2D eigenvalue weighted by molar-refractivity contribution is -0.117. The summed E-state index contributed by atoms with van der Waals surface area (Å²) in [6.07, 6.45) is 1.72. The first kappa shape index (κ1) is 24.5. The topological polar surface area (TPSA) is 96.9 Å². The monoisotopic (exact) mass is 482 g/mol. The minimum Gasteiger partial charge on any atom is -0.497 e. The fourth-order valence-corrected chi connectivity index (χ4v) is 3.69. The molecule has 3 N–H and O–H groups in total. The molecular weight excluding hydrogens is 456 g/mol. The van der Waals surface area contributed by atoms with Crippen LogP contribution in [0.4, 0.5) is 0 Å². The van der Waals surface area contributed by atoms with Crippen molar-refractivity contribution in [1.29, 1.82) is 0 Å². The van der Waals surface area contributed by atoms with E-state index in [9.17, 15) is 9.59 Å². The van der Waals surface area contributed by atoms with E-state index in [4.69, 9.17) is 14.7 Å². The van der Waals surface area contributed by atoms with Gasteiger partial charge in [0.2, 0.25) is 0 Å². The molecule has 0 unspecified atom stereocenters. The molecule has 182 valence electrons. The highest BCUT2D eigenvalue weighted by Crippen LogP contribution is 2.26. The number of hydrogen-bond donors (Lipinski definition) is 3. The number of hydroxylamine groups is 1. The predicted molar refractivity (Wildman–Crippen MR) is 138 cm³/mol. The molecule has 0 spiro atoms. The molecule has 0 aliphatic heterocycles. The number of benzene rings is 4. The van der Waals surface area contributed by atoms with Gasteiger partial charge in [0.1, 0.15) is 18.1 Å². The number of nitrogens with one attached hydrogen (secondary N) is 2. The molecule has 7 nitrogen and oxygen atoms in total. The first-order chi connectivity index (χ1) is 17.6. The van der Waals surface area contributed by atoms with Gasteiger partial charge in [-0.2, -0.15) is 0 Å².